The van der Waals surface area contributed by atoms with Gasteiger partial charge in [0.1, 0.15) is 12.4 Å². The van der Waals surface area contributed by atoms with E-state index in [1.54, 1.807) is 0 Å². The minimum Gasteiger partial charge on any atom is -0.489 e. The fourth-order valence-electron chi connectivity index (χ4n) is 3.65. The van der Waals surface area contributed by atoms with Crippen LogP contribution in [0.25, 0.3) is 0 Å². The lowest BCUT2D eigenvalue weighted by Gasteiger charge is -2.20. The molecule has 0 aliphatic heterocycles. The van der Waals surface area contributed by atoms with E-state index in [0.717, 1.165) is 22.6 Å². The molecular formula is C28H33NO2. The van der Waals surface area contributed by atoms with Gasteiger partial charge in [-0.05, 0) is 52.6 Å². The van der Waals surface area contributed by atoms with Gasteiger partial charge in [-0.2, -0.15) is 0 Å². The summed E-state index contributed by atoms with van der Waals surface area (Å²) in [6, 6.07) is 24.5. The summed E-state index contributed by atoms with van der Waals surface area (Å²) in [6.45, 7) is 9.20. The Morgan fingerprint density at radius 3 is 1.97 bits per heavy atom. The molecule has 3 aromatic carbocycles. The second kappa shape index (κ2) is 10.8. The number of carbonyl (C=O) groups is 1. The maximum Gasteiger partial charge on any atom is 0.224 e. The average Bonchev–Trinajstić information content (AvgIpc) is 2.77. The highest BCUT2D eigenvalue weighted by atomic mass is 16.5. The van der Waals surface area contributed by atoms with E-state index in [9.17, 15) is 4.79 Å². The van der Waals surface area contributed by atoms with Gasteiger partial charge < -0.3 is 10.1 Å². The minimum absolute atomic E-state index is 0.0550. The van der Waals surface area contributed by atoms with Gasteiger partial charge in [-0.15, -0.1) is 0 Å². The highest BCUT2D eigenvalue weighted by molar-refractivity contribution is 5.92. The van der Waals surface area contributed by atoms with Crippen LogP contribution in [0.2, 0.25) is 0 Å². The van der Waals surface area contributed by atoms with Gasteiger partial charge in [0.2, 0.25) is 5.91 Å². The Morgan fingerprint density at radius 1 is 0.774 bits per heavy atom. The lowest BCUT2D eigenvalue weighted by Crippen LogP contribution is -2.16. The van der Waals surface area contributed by atoms with Crippen molar-refractivity contribution >= 4 is 11.6 Å². The number of hydrogen-bond acceptors (Lipinski definition) is 2. The van der Waals surface area contributed by atoms with Gasteiger partial charge in [0.25, 0.3) is 0 Å². The zero-order valence-electron chi connectivity index (χ0n) is 19.0. The SMILES string of the molecule is CC(C)c1cccc(C(C)C)c1NC(=O)CCc1ccc(OCc2ccccc2)cc1. The molecule has 1 N–H and O–H groups in total. The Hall–Kier alpha value is -3.07. The van der Waals surface area contributed by atoms with Crippen LogP contribution in [0.5, 0.6) is 5.75 Å². The highest BCUT2D eigenvalue weighted by Gasteiger charge is 2.15. The molecule has 3 nitrogen and oxygen atoms in total. The van der Waals surface area contributed by atoms with Gasteiger partial charge in [0.05, 0.1) is 0 Å². The van der Waals surface area contributed by atoms with Gasteiger partial charge in [-0.25, -0.2) is 0 Å². The first-order valence-corrected chi connectivity index (χ1v) is 11.1. The molecule has 0 radical (unpaired) electrons. The minimum atomic E-state index is 0.0550. The van der Waals surface area contributed by atoms with Crippen molar-refractivity contribution in [3.05, 3.63) is 95.1 Å². The van der Waals surface area contributed by atoms with Crippen LogP contribution in [-0.2, 0) is 17.8 Å². The predicted molar refractivity (Wildman–Crippen MR) is 129 cm³/mol. The first-order chi connectivity index (χ1) is 14.9. The van der Waals surface area contributed by atoms with Crippen LogP contribution in [-0.4, -0.2) is 5.91 Å². The molecule has 0 aliphatic rings. The highest BCUT2D eigenvalue weighted by Crippen LogP contribution is 2.32. The molecule has 1 amide bonds. The van der Waals surface area contributed by atoms with Crippen LogP contribution in [0.15, 0.2) is 72.8 Å². The largest absolute Gasteiger partial charge is 0.489 e. The number of carbonyl (C=O) groups excluding carboxylic acids is 1. The van der Waals surface area contributed by atoms with Crippen LogP contribution in [0, 0.1) is 0 Å². The van der Waals surface area contributed by atoms with E-state index in [4.69, 9.17) is 4.74 Å². The van der Waals surface area contributed by atoms with E-state index in [0.29, 0.717) is 31.3 Å². The van der Waals surface area contributed by atoms with Gasteiger partial charge in [-0.3, -0.25) is 4.79 Å². The standard InChI is InChI=1S/C28H33NO2/c1-20(2)25-11-8-12-26(21(3)4)28(25)29-27(30)18-15-22-13-16-24(17-14-22)31-19-23-9-6-5-7-10-23/h5-14,16-17,20-21H,15,18-19H2,1-4H3,(H,29,30). The molecular weight excluding hydrogens is 382 g/mol. The van der Waals surface area contributed by atoms with Crippen molar-refractivity contribution in [2.24, 2.45) is 0 Å². The molecule has 162 valence electrons. The predicted octanol–water partition coefficient (Wildman–Crippen LogP) is 7.08. The molecule has 0 heterocycles. The van der Waals surface area contributed by atoms with E-state index in [1.165, 1.54) is 11.1 Å². The molecule has 0 unspecified atom stereocenters. The Morgan fingerprint density at radius 2 is 1.39 bits per heavy atom. The normalized spacial score (nSPS) is 11.0. The number of amides is 1. The summed E-state index contributed by atoms with van der Waals surface area (Å²) < 4.78 is 5.84. The van der Waals surface area contributed by atoms with Crippen molar-refractivity contribution in [2.45, 2.75) is 59.0 Å². The van der Waals surface area contributed by atoms with E-state index >= 15 is 0 Å². The Kier molecular flexibility index (Phi) is 7.88. The summed E-state index contributed by atoms with van der Waals surface area (Å²) in [4.78, 5) is 12.7. The third kappa shape index (κ3) is 6.45. The number of nitrogens with one attached hydrogen (secondary N) is 1. The van der Waals surface area contributed by atoms with Crippen LogP contribution in [0.4, 0.5) is 5.69 Å². The maximum absolute atomic E-state index is 12.7. The van der Waals surface area contributed by atoms with E-state index in [-0.39, 0.29) is 5.91 Å². The third-order valence-corrected chi connectivity index (χ3v) is 5.45. The summed E-state index contributed by atoms with van der Waals surface area (Å²) in [5.74, 6) is 1.61. The maximum atomic E-state index is 12.7. The van der Waals surface area contributed by atoms with Crippen LogP contribution < -0.4 is 10.1 Å². The van der Waals surface area contributed by atoms with Crippen molar-refractivity contribution < 1.29 is 9.53 Å². The molecule has 0 saturated carbocycles. The second-order valence-electron chi connectivity index (χ2n) is 8.59. The smallest absolute Gasteiger partial charge is 0.224 e. The number of hydrogen-bond donors (Lipinski definition) is 1. The fraction of sp³-hybridized carbons (Fsp3) is 0.321. The first-order valence-electron chi connectivity index (χ1n) is 11.1. The molecule has 0 aliphatic carbocycles. The van der Waals surface area contributed by atoms with Gasteiger partial charge in [0.15, 0.2) is 0 Å². The average molecular weight is 416 g/mol. The van der Waals surface area contributed by atoms with Gasteiger partial charge in [0, 0.05) is 12.1 Å². The molecule has 3 aromatic rings. The van der Waals surface area contributed by atoms with Crippen LogP contribution in [0.3, 0.4) is 0 Å². The zero-order chi connectivity index (χ0) is 22.2. The summed E-state index contributed by atoms with van der Waals surface area (Å²) in [5, 5.41) is 3.20. The molecule has 0 aromatic heterocycles. The lowest BCUT2D eigenvalue weighted by molar-refractivity contribution is -0.116. The number of rotatable bonds is 9. The van der Waals surface area contributed by atoms with Gasteiger partial charge in [-0.1, -0.05) is 88.4 Å². The monoisotopic (exact) mass is 415 g/mol. The molecule has 0 spiro atoms. The second-order valence-corrected chi connectivity index (χ2v) is 8.59. The quantitative estimate of drug-likeness (QED) is 0.405. The molecule has 0 fully saturated rings. The topological polar surface area (TPSA) is 38.3 Å². The van der Waals surface area contributed by atoms with Crippen LogP contribution in [0.1, 0.15) is 68.2 Å². The van der Waals surface area contributed by atoms with Crippen molar-refractivity contribution in [1.82, 2.24) is 0 Å². The molecule has 3 rings (SSSR count). The zero-order valence-corrected chi connectivity index (χ0v) is 19.0. The Bertz CT molecular complexity index is 949. The summed E-state index contributed by atoms with van der Waals surface area (Å²) >= 11 is 0. The third-order valence-electron chi connectivity index (χ3n) is 5.45. The van der Waals surface area contributed by atoms with Crippen molar-refractivity contribution in [3.63, 3.8) is 0 Å². The lowest BCUT2D eigenvalue weighted by atomic mass is 9.92. The number of anilines is 1. The van der Waals surface area contributed by atoms with E-state index in [1.807, 2.05) is 42.5 Å². The van der Waals surface area contributed by atoms with Crippen molar-refractivity contribution in [1.29, 1.82) is 0 Å². The summed E-state index contributed by atoms with van der Waals surface area (Å²) in [6.07, 6.45) is 1.15. The molecule has 0 saturated heterocycles. The summed E-state index contributed by atoms with van der Waals surface area (Å²) in [5.41, 5.74) is 5.65. The van der Waals surface area contributed by atoms with Gasteiger partial charge >= 0.3 is 0 Å². The molecule has 0 bridgehead atoms. The van der Waals surface area contributed by atoms with Crippen molar-refractivity contribution in [3.8, 4) is 5.75 Å². The number of aryl methyl sites for hydroxylation is 1. The van der Waals surface area contributed by atoms with Crippen molar-refractivity contribution in [2.75, 3.05) is 5.32 Å². The summed E-state index contributed by atoms with van der Waals surface area (Å²) in [7, 11) is 0. The number of ether oxygens (including phenoxy) is 1. The number of benzene rings is 3. The molecule has 31 heavy (non-hydrogen) atoms. The molecule has 0 atom stereocenters. The number of para-hydroxylation sites is 1. The van der Waals surface area contributed by atoms with E-state index in [2.05, 4.69) is 63.3 Å². The Balaban J connectivity index is 1.56. The first kappa shape index (κ1) is 22.6. The Labute approximate surface area is 186 Å². The van der Waals surface area contributed by atoms with E-state index < -0.39 is 0 Å². The fourth-order valence-corrected chi connectivity index (χ4v) is 3.65. The molecule has 3 heteroatoms. The van der Waals surface area contributed by atoms with Crippen LogP contribution >= 0.6 is 0 Å².